The van der Waals surface area contributed by atoms with Crippen molar-refractivity contribution in [2.24, 2.45) is 0 Å². The number of benzene rings is 1. The summed E-state index contributed by atoms with van der Waals surface area (Å²) in [4.78, 5) is 15.7. The fraction of sp³-hybridized carbons (Fsp3) is 0.222. The zero-order valence-corrected chi connectivity index (χ0v) is 14.0. The van der Waals surface area contributed by atoms with Gasteiger partial charge in [0.05, 0.1) is 15.6 Å². The number of anilines is 1. The van der Waals surface area contributed by atoms with E-state index in [1.54, 1.807) is 6.92 Å². The summed E-state index contributed by atoms with van der Waals surface area (Å²) in [5.41, 5.74) is -0.593. The van der Waals surface area contributed by atoms with E-state index in [0.717, 1.165) is 6.07 Å². The highest BCUT2D eigenvalue weighted by atomic mass is 35.5. The Morgan fingerprint density at radius 3 is 2.14 bits per heavy atom. The van der Waals surface area contributed by atoms with Crippen LogP contribution in [0.2, 0.25) is 5.02 Å². The molecule has 1 aromatic carbocycles. The van der Waals surface area contributed by atoms with E-state index in [9.17, 15) is 22.3 Å². The third-order valence-electron chi connectivity index (χ3n) is 1.73. The van der Waals surface area contributed by atoms with Crippen LogP contribution in [-0.2, 0) is 19.6 Å². The van der Waals surface area contributed by atoms with Crippen molar-refractivity contribution in [2.75, 3.05) is 5.32 Å². The van der Waals surface area contributed by atoms with Gasteiger partial charge in [-0.2, -0.15) is 13.2 Å². The normalized spacial score (nSPS) is 12.0. The second-order valence-electron chi connectivity index (χ2n) is 3.43. The van der Waals surface area contributed by atoms with Crippen LogP contribution in [0.1, 0.15) is 12.5 Å². The van der Waals surface area contributed by atoms with Crippen LogP contribution in [0.4, 0.5) is 18.9 Å². The lowest BCUT2D eigenvalue weighted by atomic mass is 10.2. The van der Waals surface area contributed by atoms with Crippen molar-refractivity contribution in [3.63, 3.8) is 0 Å². The first-order chi connectivity index (χ1) is 9.93. The zero-order chi connectivity index (χ0) is 17.5. The molecule has 0 heterocycles. The van der Waals surface area contributed by atoms with Crippen LogP contribution in [-0.4, -0.2) is 14.8 Å². The van der Waals surface area contributed by atoms with Gasteiger partial charge in [0.2, 0.25) is 0 Å². The molecule has 0 fully saturated rings. The Hall–Kier alpha value is -0.730. The molecule has 0 radical (unpaired) electrons. The SMILES string of the molecule is CC(=S)Nc1ccc(Cl)c(C(F)(F)F)c1.O=[P+](O)O[P+](=O)O. The van der Waals surface area contributed by atoms with Gasteiger partial charge in [-0.25, -0.2) is 0 Å². The molecular formula is C9H9ClF3NO5P2S+2. The largest absolute Gasteiger partial charge is 0.745 e. The maximum atomic E-state index is 12.4. The molecule has 0 aliphatic carbocycles. The van der Waals surface area contributed by atoms with Crippen LogP contribution in [0.15, 0.2) is 18.2 Å². The van der Waals surface area contributed by atoms with Gasteiger partial charge in [0.1, 0.15) is 0 Å². The highest BCUT2D eigenvalue weighted by molar-refractivity contribution is 7.80. The third kappa shape index (κ3) is 9.32. The topological polar surface area (TPSA) is 95.9 Å². The molecule has 13 heteroatoms. The Morgan fingerprint density at radius 2 is 1.82 bits per heavy atom. The molecule has 0 amide bonds. The minimum absolute atomic E-state index is 0.277. The highest BCUT2D eigenvalue weighted by Gasteiger charge is 2.33. The van der Waals surface area contributed by atoms with Crippen molar-refractivity contribution in [3.05, 3.63) is 28.8 Å². The van der Waals surface area contributed by atoms with E-state index in [1.165, 1.54) is 12.1 Å². The van der Waals surface area contributed by atoms with E-state index in [1.807, 2.05) is 0 Å². The molecule has 122 valence electrons. The number of hydrogen-bond donors (Lipinski definition) is 3. The molecule has 0 aliphatic heterocycles. The van der Waals surface area contributed by atoms with Crippen molar-refractivity contribution in [1.82, 2.24) is 0 Å². The molecule has 2 atom stereocenters. The molecule has 0 aromatic heterocycles. The molecule has 2 unspecified atom stereocenters. The van der Waals surface area contributed by atoms with Gasteiger partial charge < -0.3 is 5.32 Å². The standard InChI is InChI=1S/C9H7ClF3NS.O5P2/c1-5(15)14-6-2-3-8(10)7(4-6)9(11,12)13;1-6(2)5-7(3)4/h2-4H,1H3,(H,14,15);/p+2. The number of rotatable bonds is 3. The maximum Gasteiger partial charge on any atom is 0.745 e. The Bertz CT molecular complexity index is 575. The van der Waals surface area contributed by atoms with Gasteiger partial charge in [0.25, 0.3) is 0 Å². The van der Waals surface area contributed by atoms with E-state index < -0.39 is 28.2 Å². The Morgan fingerprint density at radius 1 is 1.32 bits per heavy atom. The van der Waals surface area contributed by atoms with Gasteiger partial charge >= 0.3 is 22.7 Å². The van der Waals surface area contributed by atoms with Crippen LogP contribution in [0, 0.1) is 0 Å². The minimum atomic E-state index is -4.45. The number of hydrogen-bond acceptors (Lipinski definition) is 4. The maximum absolute atomic E-state index is 12.4. The number of thiocarbonyl (C=S) groups is 1. The second kappa shape index (κ2) is 9.42. The van der Waals surface area contributed by atoms with E-state index in [2.05, 4.69) is 9.63 Å². The molecule has 1 rings (SSSR count). The average Bonchev–Trinajstić information content (AvgIpc) is 2.28. The van der Waals surface area contributed by atoms with Gasteiger partial charge in [-0.05, 0) is 25.1 Å². The van der Waals surface area contributed by atoms with E-state index in [0.29, 0.717) is 4.99 Å². The van der Waals surface area contributed by atoms with Crippen LogP contribution < -0.4 is 5.32 Å². The first kappa shape index (κ1) is 21.3. The summed E-state index contributed by atoms with van der Waals surface area (Å²) in [5, 5.41) is 2.29. The van der Waals surface area contributed by atoms with Crippen LogP contribution in [0.25, 0.3) is 0 Å². The highest BCUT2D eigenvalue weighted by Crippen LogP contribution is 2.36. The monoisotopic (exact) mass is 397 g/mol. The summed E-state index contributed by atoms with van der Waals surface area (Å²) < 4.78 is 59.4. The summed E-state index contributed by atoms with van der Waals surface area (Å²) in [6.45, 7) is 1.58. The van der Waals surface area contributed by atoms with Crippen molar-refractivity contribution in [3.8, 4) is 0 Å². The lowest BCUT2D eigenvalue weighted by Gasteiger charge is -2.11. The predicted octanol–water partition coefficient (Wildman–Crippen LogP) is 4.42. The molecule has 3 N–H and O–H groups in total. The lowest BCUT2D eigenvalue weighted by Crippen LogP contribution is -2.09. The zero-order valence-electron chi connectivity index (χ0n) is 10.7. The van der Waals surface area contributed by atoms with Gasteiger partial charge in [0, 0.05) is 14.8 Å². The fourth-order valence-electron chi connectivity index (χ4n) is 1.08. The molecule has 0 spiro atoms. The number of halogens is 4. The van der Waals surface area contributed by atoms with Crippen molar-refractivity contribution in [1.29, 1.82) is 0 Å². The molecule has 0 bridgehead atoms. The number of nitrogens with one attached hydrogen (secondary N) is 1. The lowest BCUT2D eigenvalue weighted by molar-refractivity contribution is -0.137. The van der Waals surface area contributed by atoms with E-state index in [4.69, 9.17) is 33.6 Å². The van der Waals surface area contributed by atoms with Crippen LogP contribution >= 0.6 is 40.3 Å². The first-order valence-electron chi connectivity index (χ1n) is 5.08. The molecule has 22 heavy (non-hydrogen) atoms. The van der Waals surface area contributed by atoms with Gasteiger partial charge in [-0.3, -0.25) is 0 Å². The average molecular weight is 398 g/mol. The Labute approximate surface area is 135 Å². The second-order valence-corrected chi connectivity index (χ2v) is 6.05. The Balaban J connectivity index is 0.000000534. The van der Waals surface area contributed by atoms with Crippen LogP contribution in [0.3, 0.4) is 0 Å². The summed E-state index contributed by atoms with van der Waals surface area (Å²) in [6, 6.07) is 3.55. The summed E-state index contributed by atoms with van der Waals surface area (Å²) in [7, 11) is -5.85. The summed E-state index contributed by atoms with van der Waals surface area (Å²) in [6.07, 6.45) is -4.45. The van der Waals surface area contributed by atoms with Crippen LogP contribution in [0.5, 0.6) is 0 Å². The molecule has 0 aliphatic rings. The summed E-state index contributed by atoms with van der Waals surface area (Å²) >= 11 is 10.2. The Kier molecular flexibility index (Phi) is 9.11. The third-order valence-corrected chi connectivity index (χ3v) is 3.28. The quantitative estimate of drug-likeness (QED) is 0.513. The van der Waals surface area contributed by atoms with Gasteiger partial charge in [-0.15, -0.1) is 9.79 Å². The van der Waals surface area contributed by atoms with E-state index in [-0.39, 0.29) is 10.7 Å². The first-order valence-corrected chi connectivity index (χ1v) is 8.13. The minimum Gasteiger partial charge on any atom is -0.350 e. The predicted molar refractivity (Wildman–Crippen MR) is 79.1 cm³/mol. The molecular weight excluding hydrogens is 389 g/mol. The fourth-order valence-corrected chi connectivity index (χ4v) is 1.90. The smallest absolute Gasteiger partial charge is 0.350 e. The molecule has 0 saturated carbocycles. The van der Waals surface area contributed by atoms with Gasteiger partial charge in [0.15, 0.2) is 4.31 Å². The molecule has 6 nitrogen and oxygen atoms in total. The number of alkyl halides is 3. The molecule has 1 aromatic rings. The van der Waals surface area contributed by atoms with Gasteiger partial charge in [-0.1, -0.05) is 23.8 Å². The van der Waals surface area contributed by atoms with Crippen molar-refractivity contribution in [2.45, 2.75) is 13.1 Å². The van der Waals surface area contributed by atoms with E-state index >= 15 is 0 Å². The van der Waals surface area contributed by atoms with Crippen molar-refractivity contribution < 1.29 is 36.4 Å². The molecule has 0 saturated heterocycles. The summed E-state index contributed by atoms with van der Waals surface area (Å²) in [5.74, 6) is 0. The van der Waals surface area contributed by atoms with Crippen molar-refractivity contribution >= 4 is 51.0 Å².